The second-order valence-corrected chi connectivity index (χ2v) is 7.42. The fourth-order valence-corrected chi connectivity index (χ4v) is 4.27. The molecule has 1 fully saturated rings. The predicted octanol–water partition coefficient (Wildman–Crippen LogP) is 3.61. The lowest BCUT2D eigenvalue weighted by Gasteiger charge is -2.31. The van der Waals surface area contributed by atoms with Crippen LogP contribution in [0.2, 0.25) is 0 Å². The van der Waals surface area contributed by atoms with Crippen LogP contribution in [-0.2, 0) is 17.6 Å². The number of carbonyl (C=O) groups is 1. The highest BCUT2D eigenvalue weighted by molar-refractivity contribution is 8.00. The molecule has 1 aromatic rings. The average molecular weight is 314 g/mol. The SMILES string of the molecule is N#CC1(NC(=O)CSc2ccc3c(c2)CCC3)CCCCC1. The monoisotopic (exact) mass is 314 g/mol. The lowest BCUT2D eigenvalue weighted by atomic mass is 9.83. The summed E-state index contributed by atoms with van der Waals surface area (Å²) in [5, 5.41) is 12.4. The summed E-state index contributed by atoms with van der Waals surface area (Å²) in [5.41, 5.74) is 2.28. The van der Waals surface area contributed by atoms with Crippen LogP contribution in [0.4, 0.5) is 0 Å². The molecule has 1 aromatic carbocycles. The number of amides is 1. The van der Waals surface area contributed by atoms with Crippen molar-refractivity contribution in [3.05, 3.63) is 29.3 Å². The van der Waals surface area contributed by atoms with Crippen LogP contribution in [0.25, 0.3) is 0 Å². The highest BCUT2D eigenvalue weighted by Gasteiger charge is 2.33. The lowest BCUT2D eigenvalue weighted by molar-refractivity contribution is -0.120. The van der Waals surface area contributed by atoms with Gasteiger partial charge in [0, 0.05) is 4.90 Å². The Morgan fingerprint density at radius 1 is 1.18 bits per heavy atom. The third kappa shape index (κ3) is 3.47. The number of benzene rings is 1. The van der Waals surface area contributed by atoms with Crippen molar-refractivity contribution >= 4 is 17.7 Å². The van der Waals surface area contributed by atoms with E-state index < -0.39 is 5.54 Å². The zero-order valence-corrected chi connectivity index (χ0v) is 13.7. The molecule has 0 atom stereocenters. The van der Waals surface area contributed by atoms with Crippen molar-refractivity contribution < 1.29 is 4.79 Å². The number of nitrogens with one attached hydrogen (secondary N) is 1. The Morgan fingerprint density at radius 3 is 2.73 bits per heavy atom. The number of rotatable bonds is 4. The molecule has 1 amide bonds. The van der Waals surface area contributed by atoms with E-state index in [1.165, 1.54) is 30.4 Å². The molecule has 0 aliphatic heterocycles. The van der Waals surface area contributed by atoms with Gasteiger partial charge in [-0.15, -0.1) is 11.8 Å². The van der Waals surface area contributed by atoms with Gasteiger partial charge in [0.25, 0.3) is 0 Å². The number of fused-ring (bicyclic) bond motifs is 1. The molecule has 0 aromatic heterocycles. The van der Waals surface area contributed by atoms with Crippen LogP contribution >= 0.6 is 11.8 Å². The molecule has 1 N–H and O–H groups in total. The van der Waals surface area contributed by atoms with Gasteiger partial charge in [-0.05, 0) is 55.4 Å². The fourth-order valence-electron chi connectivity index (χ4n) is 3.51. The fraction of sp³-hybridized carbons (Fsp3) is 0.556. The Labute approximate surface area is 136 Å². The summed E-state index contributed by atoms with van der Waals surface area (Å²) in [6, 6.07) is 8.87. The molecule has 0 unspecified atom stereocenters. The Balaban J connectivity index is 1.55. The lowest BCUT2D eigenvalue weighted by Crippen LogP contribution is -2.49. The molecule has 3 nitrogen and oxygen atoms in total. The molecule has 2 aliphatic carbocycles. The van der Waals surface area contributed by atoms with Crippen molar-refractivity contribution in [1.82, 2.24) is 5.32 Å². The summed E-state index contributed by atoms with van der Waals surface area (Å²) in [6.07, 6.45) is 8.41. The van der Waals surface area contributed by atoms with E-state index in [0.717, 1.165) is 37.0 Å². The van der Waals surface area contributed by atoms with Gasteiger partial charge in [0.05, 0.1) is 11.8 Å². The maximum Gasteiger partial charge on any atom is 0.231 e. The summed E-state index contributed by atoms with van der Waals surface area (Å²) in [4.78, 5) is 13.4. The van der Waals surface area contributed by atoms with Crippen LogP contribution in [0, 0.1) is 11.3 Å². The van der Waals surface area contributed by atoms with Crippen LogP contribution in [0.3, 0.4) is 0 Å². The molecule has 22 heavy (non-hydrogen) atoms. The predicted molar refractivity (Wildman–Crippen MR) is 88.8 cm³/mol. The Hall–Kier alpha value is -1.47. The summed E-state index contributed by atoms with van der Waals surface area (Å²) < 4.78 is 0. The van der Waals surface area contributed by atoms with E-state index in [1.807, 2.05) is 0 Å². The standard InChI is InChI=1S/C18H22N2OS/c19-13-18(9-2-1-3-10-18)20-17(21)12-22-16-8-7-14-5-4-6-15(14)11-16/h7-8,11H,1-6,9-10,12H2,(H,20,21). The Morgan fingerprint density at radius 2 is 1.95 bits per heavy atom. The summed E-state index contributed by atoms with van der Waals surface area (Å²) in [5.74, 6) is 0.372. The molecule has 2 aliphatic rings. The zero-order valence-electron chi connectivity index (χ0n) is 12.9. The van der Waals surface area contributed by atoms with Gasteiger partial charge >= 0.3 is 0 Å². The molecule has 116 valence electrons. The number of carbonyl (C=O) groups excluding carboxylic acids is 1. The molecule has 0 spiro atoms. The van der Waals surface area contributed by atoms with Gasteiger partial charge in [-0.25, -0.2) is 0 Å². The quantitative estimate of drug-likeness (QED) is 0.864. The second-order valence-electron chi connectivity index (χ2n) is 6.38. The van der Waals surface area contributed by atoms with Crippen LogP contribution < -0.4 is 5.32 Å². The van der Waals surface area contributed by atoms with Crippen molar-refractivity contribution in [1.29, 1.82) is 5.26 Å². The average Bonchev–Trinajstić information content (AvgIpc) is 3.01. The highest BCUT2D eigenvalue weighted by Crippen LogP contribution is 2.29. The number of aryl methyl sites for hydroxylation is 2. The van der Waals surface area contributed by atoms with Crippen molar-refractivity contribution in [3.8, 4) is 6.07 Å². The number of hydrogen-bond donors (Lipinski definition) is 1. The van der Waals surface area contributed by atoms with E-state index in [9.17, 15) is 10.1 Å². The molecule has 0 saturated heterocycles. The van der Waals surface area contributed by atoms with E-state index >= 15 is 0 Å². The van der Waals surface area contributed by atoms with Crippen LogP contribution in [0.15, 0.2) is 23.1 Å². The minimum atomic E-state index is -0.617. The molecule has 4 heteroatoms. The number of nitriles is 1. The van der Waals surface area contributed by atoms with Gasteiger partial charge in [0.2, 0.25) is 5.91 Å². The molecule has 1 saturated carbocycles. The number of nitrogens with zero attached hydrogens (tertiary/aromatic N) is 1. The second kappa shape index (κ2) is 6.75. The molecular weight excluding hydrogens is 292 g/mol. The maximum absolute atomic E-state index is 12.2. The Bertz CT molecular complexity index is 600. The topological polar surface area (TPSA) is 52.9 Å². The van der Waals surface area contributed by atoms with E-state index in [0.29, 0.717) is 5.75 Å². The maximum atomic E-state index is 12.2. The normalized spacial score (nSPS) is 19.2. The highest BCUT2D eigenvalue weighted by atomic mass is 32.2. The molecule has 0 bridgehead atoms. The van der Waals surface area contributed by atoms with Crippen molar-refractivity contribution in [2.45, 2.75) is 61.8 Å². The van der Waals surface area contributed by atoms with Gasteiger partial charge in [0.1, 0.15) is 5.54 Å². The van der Waals surface area contributed by atoms with Crippen LogP contribution in [-0.4, -0.2) is 17.2 Å². The van der Waals surface area contributed by atoms with Gasteiger partial charge in [-0.3, -0.25) is 4.79 Å². The minimum Gasteiger partial charge on any atom is -0.337 e. The number of hydrogen-bond acceptors (Lipinski definition) is 3. The Kier molecular flexibility index (Phi) is 4.73. The van der Waals surface area contributed by atoms with Crippen LogP contribution in [0.5, 0.6) is 0 Å². The van der Waals surface area contributed by atoms with Crippen molar-refractivity contribution in [2.75, 3.05) is 5.75 Å². The third-order valence-electron chi connectivity index (χ3n) is 4.74. The minimum absolute atomic E-state index is 0.0195. The first kappa shape index (κ1) is 15.4. The smallest absolute Gasteiger partial charge is 0.231 e. The van der Waals surface area contributed by atoms with Gasteiger partial charge in [0.15, 0.2) is 0 Å². The molecule has 3 rings (SSSR count). The first-order valence-corrected chi connectivity index (χ1v) is 9.16. The zero-order chi connectivity index (χ0) is 15.4. The number of thioether (sulfide) groups is 1. The summed E-state index contributed by atoms with van der Waals surface area (Å²) in [7, 11) is 0. The largest absolute Gasteiger partial charge is 0.337 e. The summed E-state index contributed by atoms with van der Waals surface area (Å²) >= 11 is 1.57. The van der Waals surface area contributed by atoms with E-state index in [-0.39, 0.29) is 5.91 Å². The first-order chi connectivity index (χ1) is 10.7. The van der Waals surface area contributed by atoms with Crippen LogP contribution in [0.1, 0.15) is 49.7 Å². The van der Waals surface area contributed by atoms with Crippen molar-refractivity contribution in [3.63, 3.8) is 0 Å². The van der Waals surface area contributed by atoms with E-state index in [1.54, 1.807) is 11.8 Å². The molecule has 0 radical (unpaired) electrons. The molecule has 0 heterocycles. The third-order valence-corrected chi connectivity index (χ3v) is 5.73. The van der Waals surface area contributed by atoms with E-state index in [4.69, 9.17) is 0 Å². The van der Waals surface area contributed by atoms with Crippen molar-refractivity contribution in [2.24, 2.45) is 0 Å². The van der Waals surface area contributed by atoms with E-state index in [2.05, 4.69) is 29.6 Å². The molecular formula is C18H22N2OS. The van der Waals surface area contributed by atoms with Gasteiger partial charge in [-0.2, -0.15) is 5.26 Å². The van der Waals surface area contributed by atoms with Gasteiger partial charge in [-0.1, -0.05) is 25.3 Å². The first-order valence-electron chi connectivity index (χ1n) is 8.18. The summed E-state index contributed by atoms with van der Waals surface area (Å²) in [6.45, 7) is 0. The van der Waals surface area contributed by atoms with Gasteiger partial charge < -0.3 is 5.32 Å².